The van der Waals surface area contributed by atoms with Crippen molar-refractivity contribution in [3.8, 4) is 0 Å². The molecule has 0 amide bonds. The van der Waals surface area contributed by atoms with E-state index in [0.29, 0.717) is 11.9 Å². The minimum absolute atomic E-state index is 0.604. The highest BCUT2D eigenvalue weighted by Crippen LogP contribution is 2.18. The molecule has 4 nitrogen and oxygen atoms in total. The van der Waals surface area contributed by atoms with Gasteiger partial charge in [0.25, 0.3) is 0 Å². The van der Waals surface area contributed by atoms with Crippen LogP contribution in [-0.4, -0.2) is 42.1 Å². The molecule has 0 saturated carbocycles. The first-order chi connectivity index (χ1) is 8.20. The quantitative estimate of drug-likeness (QED) is 0.862. The van der Waals surface area contributed by atoms with Crippen molar-refractivity contribution in [2.45, 2.75) is 26.3 Å². The number of nitrogens with two attached hydrogens (primary N) is 1. The topological polar surface area (TPSA) is 45.4 Å². The molecule has 1 aromatic rings. The predicted octanol–water partition coefficient (Wildman–Crippen LogP) is 1.58. The average Bonchev–Trinajstić information content (AvgIpc) is 2.38. The smallest absolute Gasteiger partial charge is 0.125 e. The number of pyridine rings is 1. The monoisotopic (exact) mass is 234 g/mol. The van der Waals surface area contributed by atoms with Gasteiger partial charge in [-0.1, -0.05) is 6.92 Å². The fraction of sp³-hybridized carbons (Fsp3) is 0.615. The number of piperazine rings is 1. The molecule has 2 N–H and O–H groups in total. The molecule has 1 fully saturated rings. The lowest BCUT2D eigenvalue weighted by Gasteiger charge is -2.38. The highest BCUT2D eigenvalue weighted by molar-refractivity contribution is 5.52. The zero-order valence-electron chi connectivity index (χ0n) is 10.8. The van der Waals surface area contributed by atoms with Crippen LogP contribution in [0.3, 0.4) is 0 Å². The Kier molecular flexibility index (Phi) is 3.84. The second-order valence-corrected chi connectivity index (χ2v) is 4.72. The van der Waals surface area contributed by atoms with Crippen molar-refractivity contribution in [2.24, 2.45) is 0 Å². The summed E-state index contributed by atoms with van der Waals surface area (Å²) < 4.78 is 0. The Balaban J connectivity index is 1.95. The number of nitrogens with zero attached hydrogens (tertiary/aromatic N) is 3. The van der Waals surface area contributed by atoms with Gasteiger partial charge >= 0.3 is 0 Å². The molecule has 0 spiro atoms. The third-order valence-corrected chi connectivity index (χ3v) is 3.66. The zero-order chi connectivity index (χ0) is 12.3. The van der Waals surface area contributed by atoms with Crippen molar-refractivity contribution in [2.75, 3.05) is 36.8 Å². The Hall–Kier alpha value is -1.29. The highest BCUT2D eigenvalue weighted by Gasteiger charge is 2.20. The number of hydrogen-bond acceptors (Lipinski definition) is 4. The standard InChI is InChI=1S/C13H22N4/c1-3-11(2)16-6-8-17(9-7-16)12-4-5-15-13(14)10-12/h4-5,10-11H,3,6-9H2,1-2H3,(H2,14,15). The van der Waals surface area contributed by atoms with Crippen LogP contribution in [0.1, 0.15) is 20.3 Å². The average molecular weight is 234 g/mol. The lowest BCUT2D eigenvalue weighted by molar-refractivity contribution is 0.193. The summed E-state index contributed by atoms with van der Waals surface area (Å²) in [6, 6.07) is 4.69. The molecule has 1 saturated heterocycles. The van der Waals surface area contributed by atoms with Crippen molar-refractivity contribution < 1.29 is 0 Å². The van der Waals surface area contributed by atoms with Gasteiger partial charge in [0.1, 0.15) is 5.82 Å². The lowest BCUT2D eigenvalue weighted by atomic mass is 10.2. The van der Waals surface area contributed by atoms with E-state index < -0.39 is 0 Å². The van der Waals surface area contributed by atoms with Crippen LogP contribution in [0.25, 0.3) is 0 Å². The summed E-state index contributed by atoms with van der Waals surface area (Å²) in [4.78, 5) is 8.97. The summed E-state index contributed by atoms with van der Waals surface area (Å²) in [5.74, 6) is 0.604. The number of nitrogen functional groups attached to an aromatic ring is 1. The Labute approximate surface area is 103 Å². The molecule has 1 aliphatic heterocycles. The molecular weight excluding hydrogens is 212 g/mol. The molecule has 1 aliphatic rings. The fourth-order valence-electron chi connectivity index (χ4n) is 2.31. The normalized spacial score (nSPS) is 19.3. The molecule has 2 rings (SSSR count). The van der Waals surface area contributed by atoms with Crippen LogP contribution in [0.15, 0.2) is 18.3 Å². The molecule has 4 heteroatoms. The van der Waals surface area contributed by atoms with Gasteiger partial charge in [0.15, 0.2) is 0 Å². The van der Waals surface area contributed by atoms with Gasteiger partial charge < -0.3 is 10.6 Å². The molecule has 1 unspecified atom stereocenters. The van der Waals surface area contributed by atoms with Crippen molar-refractivity contribution in [1.29, 1.82) is 0 Å². The van der Waals surface area contributed by atoms with Gasteiger partial charge in [-0.2, -0.15) is 0 Å². The molecule has 0 bridgehead atoms. The van der Waals surface area contributed by atoms with Crippen molar-refractivity contribution >= 4 is 11.5 Å². The molecule has 1 aromatic heterocycles. The maximum absolute atomic E-state index is 5.71. The van der Waals surface area contributed by atoms with E-state index >= 15 is 0 Å². The minimum atomic E-state index is 0.604. The Bertz CT molecular complexity index is 358. The van der Waals surface area contributed by atoms with Gasteiger partial charge in [-0.15, -0.1) is 0 Å². The Morgan fingerprint density at radius 3 is 2.65 bits per heavy atom. The van der Waals surface area contributed by atoms with E-state index in [-0.39, 0.29) is 0 Å². The van der Waals surface area contributed by atoms with Gasteiger partial charge in [-0.25, -0.2) is 4.98 Å². The van der Waals surface area contributed by atoms with Crippen LogP contribution < -0.4 is 10.6 Å². The summed E-state index contributed by atoms with van der Waals surface area (Å²) in [5.41, 5.74) is 6.91. The maximum atomic E-state index is 5.71. The second-order valence-electron chi connectivity index (χ2n) is 4.72. The van der Waals surface area contributed by atoms with Crippen LogP contribution in [0.2, 0.25) is 0 Å². The fourth-order valence-corrected chi connectivity index (χ4v) is 2.31. The molecule has 0 aliphatic carbocycles. The van der Waals surface area contributed by atoms with E-state index in [1.165, 1.54) is 12.1 Å². The third-order valence-electron chi connectivity index (χ3n) is 3.66. The lowest BCUT2D eigenvalue weighted by Crippen LogP contribution is -2.49. The largest absolute Gasteiger partial charge is 0.384 e. The van der Waals surface area contributed by atoms with Gasteiger partial charge in [0, 0.05) is 50.2 Å². The predicted molar refractivity (Wildman–Crippen MR) is 72.2 cm³/mol. The summed E-state index contributed by atoms with van der Waals surface area (Å²) in [6.07, 6.45) is 3.01. The molecule has 2 heterocycles. The van der Waals surface area contributed by atoms with E-state index in [9.17, 15) is 0 Å². The molecule has 1 atom stereocenters. The van der Waals surface area contributed by atoms with Crippen molar-refractivity contribution in [3.63, 3.8) is 0 Å². The summed E-state index contributed by atoms with van der Waals surface area (Å²) in [6.45, 7) is 8.98. The Morgan fingerprint density at radius 2 is 2.06 bits per heavy atom. The van der Waals surface area contributed by atoms with E-state index in [2.05, 4.69) is 28.6 Å². The van der Waals surface area contributed by atoms with Gasteiger partial charge in [-0.3, -0.25) is 4.90 Å². The molecule has 17 heavy (non-hydrogen) atoms. The number of hydrogen-bond donors (Lipinski definition) is 1. The van der Waals surface area contributed by atoms with E-state index in [4.69, 9.17) is 5.73 Å². The Morgan fingerprint density at radius 1 is 1.35 bits per heavy atom. The highest BCUT2D eigenvalue weighted by atomic mass is 15.3. The van der Waals surface area contributed by atoms with Crippen LogP contribution in [0, 0.1) is 0 Å². The van der Waals surface area contributed by atoms with Gasteiger partial charge in [0.05, 0.1) is 0 Å². The van der Waals surface area contributed by atoms with Gasteiger partial charge in [-0.05, 0) is 19.4 Å². The van der Waals surface area contributed by atoms with Crippen LogP contribution in [-0.2, 0) is 0 Å². The summed E-state index contributed by atoms with van der Waals surface area (Å²) in [5, 5.41) is 0. The maximum Gasteiger partial charge on any atom is 0.125 e. The van der Waals surface area contributed by atoms with Crippen LogP contribution in [0.4, 0.5) is 11.5 Å². The number of rotatable bonds is 3. The van der Waals surface area contributed by atoms with Crippen molar-refractivity contribution in [3.05, 3.63) is 18.3 Å². The van der Waals surface area contributed by atoms with Gasteiger partial charge in [0.2, 0.25) is 0 Å². The first kappa shape index (κ1) is 12.2. The van der Waals surface area contributed by atoms with Crippen molar-refractivity contribution in [1.82, 2.24) is 9.88 Å². The zero-order valence-corrected chi connectivity index (χ0v) is 10.8. The molecule has 94 valence electrons. The minimum Gasteiger partial charge on any atom is -0.384 e. The molecule has 0 radical (unpaired) electrons. The third kappa shape index (κ3) is 2.88. The molecular formula is C13H22N4. The van der Waals surface area contributed by atoms with Crippen LogP contribution >= 0.6 is 0 Å². The first-order valence-corrected chi connectivity index (χ1v) is 6.41. The SMILES string of the molecule is CCC(C)N1CCN(c2ccnc(N)c2)CC1. The summed E-state index contributed by atoms with van der Waals surface area (Å²) in [7, 11) is 0. The van der Waals surface area contributed by atoms with E-state index in [1.54, 1.807) is 6.20 Å². The van der Waals surface area contributed by atoms with Crippen LogP contribution in [0.5, 0.6) is 0 Å². The number of aromatic nitrogens is 1. The first-order valence-electron chi connectivity index (χ1n) is 6.41. The van der Waals surface area contributed by atoms with E-state index in [0.717, 1.165) is 26.2 Å². The molecule has 0 aromatic carbocycles. The number of anilines is 2. The summed E-state index contributed by atoms with van der Waals surface area (Å²) >= 11 is 0. The second kappa shape index (κ2) is 5.36. The van der Waals surface area contributed by atoms with E-state index in [1.807, 2.05) is 12.1 Å².